The van der Waals surface area contributed by atoms with Crippen molar-refractivity contribution in [2.24, 2.45) is 0 Å². The van der Waals surface area contributed by atoms with Crippen molar-refractivity contribution in [2.75, 3.05) is 14.2 Å². The summed E-state index contributed by atoms with van der Waals surface area (Å²) >= 11 is 5.83. The molecule has 5 heteroatoms. The molecule has 0 fully saturated rings. The molecule has 122 valence electrons. The summed E-state index contributed by atoms with van der Waals surface area (Å²) in [4.78, 5) is 14.0. The Balaban J connectivity index is 1.93. The maximum absolute atomic E-state index is 12.4. The Morgan fingerprint density at radius 2 is 1.65 bits per heavy atom. The van der Waals surface area contributed by atoms with Crippen molar-refractivity contribution in [1.29, 1.82) is 0 Å². The molecule has 0 saturated carbocycles. The van der Waals surface area contributed by atoms with Crippen molar-refractivity contribution in [3.63, 3.8) is 0 Å². The molecular formula is C18H20ClNO3. The second-order valence-electron chi connectivity index (χ2n) is 5.26. The monoisotopic (exact) mass is 333 g/mol. The number of nitrogens with zero attached hydrogens (tertiary/aromatic N) is 1. The van der Waals surface area contributed by atoms with E-state index in [0.29, 0.717) is 17.3 Å². The van der Waals surface area contributed by atoms with Crippen LogP contribution in [0.3, 0.4) is 0 Å². The van der Waals surface area contributed by atoms with Crippen LogP contribution in [0.25, 0.3) is 0 Å². The lowest BCUT2D eigenvalue weighted by Gasteiger charge is -2.22. The summed E-state index contributed by atoms with van der Waals surface area (Å²) in [5, 5.41) is 0.632. The Bertz CT molecular complexity index is 640. The topological polar surface area (TPSA) is 38.8 Å². The van der Waals surface area contributed by atoms with Crippen LogP contribution in [0, 0.1) is 0 Å². The van der Waals surface area contributed by atoms with E-state index in [1.807, 2.05) is 24.3 Å². The third kappa shape index (κ3) is 4.89. The first-order valence-electron chi connectivity index (χ1n) is 7.29. The molecule has 0 aliphatic rings. The zero-order valence-corrected chi connectivity index (χ0v) is 14.2. The van der Waals surface area contributed by atoms with Crippen molar-refractivity contribution in [2.45, 2.75) is 19.6 Å². The number of likely N-dealkylation sites (N-methyl/N-ethyl adjacent to an activating group) is 1. The van der Waals surface area contributed by atoms with E-state index in [-0.39, 0.29) is 5.91 Å². The average Bonchev–Trinajstić information content (AvgIpc) is 2.56. The molecule has 0 aromatic heterocycles. The molecule has 0 radical (unpaired) electrons. The van der Waals surface area contributed by atoms with Gasteiger partial charge in [0.2, 0.25) is 0 Å². The number of hydrogen-bond donors (Lipinski definition) is 0. The molecule has 0 saturated heterocycles. The molecule has 2 aromatic carbocycles. The molecule has 1 amide bonds. The number of amides is 1. The van der Waals surface area contributed by atoms with E-state index in [1.165, 1.54) is 0 Å². The largest absolute Gasteiger partial charge is 0.497 e. The van der Waals surface area contributed by atoms with E-state index >= 15 is 0 Å². The fraction of sp³-hybridized carbons (Fsp3) is 0.278. The molecule has 1 atom stereocenters. The van der Waals surface area contributed by atoms with Gasteiger partial charge in [-0.15, -0.1) is 0 Å². The van der Waals surface area contributed by atoms with E-state index in [2.05, 4.69) is 0 Å². The fourth-order valence-electron chi connectivity index (χ4n) is 2.16. The number of benzene rings is 2. The summed E-state index contributed by atoms with van der Waals surface area (Å²) < 4.78 is 10.8. The van der Waals surface area contributed by atoms with Gasteiger partial charge in [-0.1, -0.05) is 23.7 Å². The highest BCUT2D eigenvalue weighted by molar-refractivity contribution is 6.30. The van der Waals surface area contributed by atoms with Crippen molar-refractivity contribution >= 4 is 17.5 Å². The summed E-state index contributed by atoms with van der Waals surface area (Å²) in [6.07, 6.45) is -0.570. The number of hydrogen-bond acceptors (Lipinski definition) is 3. The summed E-state index contributed by atoms with van der Waals surface area (Å²) in [6.45, 7) is 2.25. The standard InChI is InChI=1S/C18H20ClNO3/c1-13(23-17-10-6-15(19)7-11-17)18(21)20(2)12-14-4-8-16(22-3)9-5-14/h4-11,13H,12H2,1-3H3. The van der Waals surface area contributed by atoms with Gasteiger partial charge in [-0.2, -0.15) is 0 Å². The summed E-state index contributed by atoms with van der Waals surface area (Å²) in [7, 11) is 3.38. The van der Waals surface area contributed by atoms with Gasteiger partial charge in [0.15, 0.2) is 6.10 Å². The zero-order chi connectivity index (χ0) is 16.8. The van der Waals surface area contributed by atoms with Crippen LogP contribution in [0.5, 0.6) is 11.5 Å². The molecule has 23 heavy (non-hydrogen) atoms. The Hall–Kier alpha value is -2.20. The van der Waals surface area contributed by atoms with E-state index in [9.17, 15) is 4.79 Å². The van der Waals surface area contributed by atoms with Gasteiger partial charge in [-0.25, -0.2) is 0 Å². The lowest BCUT2D eigenvalue weighted by molar-refractivity contribution is -0.137. The molecule has 2 rings (SSSR count). The van der Waals surface area contributed by atoms with Gasteiger partial charge in [0.05, 0.1) is 7.11 Å². The number of methoxy groups -OCH3 is 1. The predicted octanol–water partition coefficient (Wildman–Crippen LogP) is 3.77. The highest BCUT2D eigenvalue weighted by Gasteiger charge is 2.19. The Labute approximate surface area is 141 Å². The van der Waals surface area contributed by atoms with Gasteiger partial charge in [-0.3, -0.25) is 4.79 Å². The number of ether oxygens (including phenoxy) is 2. The van der Waals surface area contributed by atoms with Gasteiger partial charge in [-0.05, 0) is 48.9 Å². The minimum atomic E-state index is -0.570. The van der Waals surface area contributed by atoms with Crippen LogP contribution in [-0.4, -0.2) is 31.1 Å². The highest BCUT2D eigenvalue weighted by atomic mass is 35.5. The minimum absolute atomic E-state index is 0.0873. The summed E-state index contributed by atoms with van der Waals surface area (Å²) in [5.74, 6) is 1.33. The maximum Gasteiger partial charge on any atom is 0.263 e. The Morgan fingerprint density at radius 1 is 1.09 bits per heavy atom. The predicted molar refractivity (Wildman–Crippen MR) is 91.0 cm³/mol. The second-order valence-corrected chi connectivity index (χ2v) is 5.69. The van der Waals surface area contributed by atoms with Crippen molar-refractivity contribution < 1.29 is 14.3 Å². The lowest BCUT2D eigenvalue weighted by atomic mass is 10.2. The second kappa shape index (κ2) is 7.88. The number of halogens is 1. The molecule has 1 unspecified atom stereocenters. The molecule has 0 aliphatic heterocycles. The first kappa shape index (κ1) is 17.2. The van der Waals surface area contributed by atoms with Crippen LogP contribution in [0.15, 0.2) is 48.5 Å². The van der Waals surface area contributed by atoms with Gasteiger partial charge >= 0.3 is 0 Å². The van der Waals surface area contributed by atoms with Crippen molar-refractivity contribution in [3.05, 3.63) is 59.1 Å². The van der Waals surface area contributed by atoms with Crippen LogP contribution in [0.4, 0.5) is 0 Å². The van der Waals surface area contributed by atoms with Crippen LogP contribution in [-0.2, 0) is 11.3 Å². The van der Waals surface area contributed by atoms with Gasteiger partial charge in [0.25, 0.3) is 5.91 Å². The zero-order valence-electron chi connectivity index (χ0n) is 13.5. The molecule has 0 N–H and O–H groups in total. The lowest BCUT2D eigenvalue weighted by Crippen LogP contribution is -2.37. The maximum atomic E-state index is 12.4. The van der Waals surface area contributed by atoms with Crippen LogP contribution >= 0.6 is 11.6 Å². The number of carbonyl (C=O) groups excluding carboxylic acids is 1. The van der Waals surface area contributed by atoms with Gasteiger partial charge in [0, 0.05) is 18.6 Å². The Kier molecular flexibility index (Phi) is 5.88. The van der Waals surface area contributed by atoms with Crippen LogP contribution in [0.2, 0.25) is 5.02 Å². The third-order valence-electron chi connectivity index (χ3n) is 3.43. The molecule has 0 spiro atoms. The van der Waals surface area contributed by atoms with Crippen LogP contribution < -0.4 is 9.47 Å². The normalized spacial score (nSPS) is 11.7. The molecule has 0 aliphatic carbocycles. The molecule has 0 bridgehead atoms. The van der Waals surface area contributed by atoms with E-state index in [1.54, 1.807) is 50.2 Å². The van der Waals surface area contributed by atoms with E-state index in [4.69, 9.17) is 21.1 Å². The van der Waals surface area contributed by atoms with E-state index < -0.39 is 6.10 Å². The highest BCUT2D eigenvalue weighted by Crippen LogP contribution is 2.18. The van der Waals surface area contributed by atoms with Gasteiger partial charge in [0.1, 0.15) is 11.5 Å². The number of rotatable bonds is 6. The van der Waals surface area contributed by atoms with Crippen molar-refractivity contribution in [3.8, 4) is 11.5 Å². The molecule has 4 nitrogen and oxygen atoms in total. The van der Waals surface area contributed by atoms with Gasteiger partial charge < -0.3 is 14.4 Å². The smallest absolute Gasteiger partial charge is 0.263 e. The van der Waals surface area contributed by atoms with Crippen LogP contribution in [0.1, 0.15) is 12.5 Å². The molecular weight excluding hydrogens is 314 g/mol. The minimum Gasteiger partial charge on any atom is -0.497 e. The third-order valence-corrected chi connectivity index (χ3v) is 3.68. The summed E-state index contributed by atoms with van der Waals surface area (Å²) in [5.41, 5.74) is 1.03. The first-order valence-corrected chi connectivity index (χ1v) is 7.67. The molecule has 2 aromatic rings. The van der Waals surface area contributed by atoms with Crippen molar-refractivity contribution in [1.82, 2.24) is 4.90 Å². The van der Waals surface area contributed by atoms with E-state index in [0.717, 1.165) is 11.3 Å². The SMILES string of the molecule is COc1ccc(CN(C)C(=O)C(C)Oc2ccc(Cl)cc2)cc1. The molecule has 0 heterocycles. The first-order chi connectivity index (χ1) is 11.0. The quantitative estimate of drug-likeness (QED) is 0.807. The fourth-order valence-corrected chi connectivity index (χ4v) is 2.29. The summed E-state index contributed by atoms with van der Waals surface area (Å²) in [6, 6.07) is 14.6. The number of carbonyl (C=O) groups is 1. The average molecular weight is 334 g/mol. The Morgan fingerprint density at radius 3 is 2.22 bits per heavy atom.